The summed E-state index contributed by atoms with van der Waals surface area (Å²) in [6, 6.07) is 10.4. The number of rotatable bonds is 8. The van der Waals surface area contributed by atoms with E-state index < -0.39 is 10.0 Å². The summed E-state index contributed by atoms with van der Waals surface area (Å²) in [5.74, 6) is -0.574. The molecule has 0 atom stereocenters. The Hall–Kier alpha value is -1.83. The Labute approximate surface area is 168 Å². The Morgan fingerprint density at radius 1 is 1.15 bits per heavy atom. The van der Waals surface area contributed by atoms with Crippen LogP contribution in [0.3, 0.4) is 0 Å². The van der Waals surface area contributed by atoms with E-state index >= 15 is 0 Å². The van der Waals surface area contributed by atoms with Gasteiger partial charge in [-0.2, -0.15) is 0 Å². The number of halogens is 3. The molecule has 2 aromatic rings. The highest BCUT2D eigenvalue weighted by Gasteiger charge is 2.20. The van der Waals surface area contributed by atoms with Crippen molar-refractivity contribution in [2.24, 2.45) is 0 Å². The largest absolute Gasteiger partial charge is 0.352 e. The van der Waals surface area contributed by atoms with Crippen LogP contribution in [0.15, 0.2) is 42.5 Å². The van der Waals surface area contributed by atoms with Crippen molar-refractivity contribution >= 4 is 44.8 Å². The van der Waals surface area contributed by atoms with E-state index in [0.29, 0.717) is 11.4 Å². The predicted molar refractivity (Wildman–Crippen MR) is 106 cm³/mol. The van der Waals surface area contributed by atoms with E-state index in [1.54, 1.807) is 18.2 Å². The standard InChI is InChI=1S/C18H19Cl2FN2O3S/c1-27(25,26)23(17-11-14(19)6-9-16(17)20)10-2-3-18(24)22-12-13-4-7-15(21)8-5-13/h4-9,11H,2-3,10,12H2,1H3,(H,22,24). The summed E-state index contributed by atoms with van der Waals surface area (Å²) >= 11 is 12.0. The zero-order valence-corrected chi connectivity index (χ0v) is 16.9. The van der Waals surface area contributed by atoms with Crippen molar-refractivity contribution in [1.29, 1.82) is 0 Å². The SMILES string of the molecule is CS(=O)(=O)N(CCCC(=O)NCc1ccc(F)cc1)c1cc(Cl)ccc1Cl. The van der Waals surface area contributed by atoms with Crippen molar-refractivity contribution in [3.05, 3.63) is 63.9 Å². The molecule has 9 heteroatoms. The first-order chi connectivity index (χ1) is 12.7. The first kappa shape index (κ1) is 21.5. The molecule has 0 bridgehead atoms. The minimum absolute atomic E-state index is 0.0862. The van der Waals surface area contributed by atoms with Gasteiger partial charge in [-0.05, 0) is 42.3 Å². The molecule has 0 fully saturated rings. The second kappa shape index (κ2) is 9.39. The van der Waals surface area contributed by atoms with E-state index in [1.165, 1.54) is 24.3 Å². The van der Waals surface area contributed by atoms with E-state index in [-0.39, 0.29) is 41.9 Å². The molecule has 0 spiro atoms. The first-order valence-corrected chi connectivity index (χ1v) is 10.7. The molecular formula is C18H19Cl2FN2O3S. The van der Waals surface area contributed by atoms with Gasteiger partial charge in [-0.15, -0.1) is 0 Å². The molecule has 146 valence electrons. The van der Waals surface area contributed by atoms with Gasteiger partial charge in [-0.25, -0.2) is 12.8 Å². The molecular weight excluding hydrogens is 414 g/mol. The van der Waals surface area contributed by atoms with Gasteiger partial charge in [-0.3, -0.25) is 9.10 Å². The molecule has 1 N–H and O–H groups in total. The number of sulfonamides is 1. The third kappa shape index (κ3) is 6.68. The molecule has 2 rings (SSSR count). The molecule has 0 unspecified atom stereocenters. The van der Waals surface area contributed by atoms with Crippen LogP contribution >= 0.6 is 23.2 Å². The Kier molecular flexibility index (Phi) is 7.47. The molecule has 0 aliphatic carbocycles. The number of hydrogen-bond acceptors (Lipinski definition) is 3. The van der Waals surface area contributed by atoms with Crippen LogP contribution < -0.4 is 9.62 Å². The predicted octanol–water partition coefficient (Wildman–Crippen LogP) is 4.00. The molecule has 0 aliphatic rings. The highest BCUT2D eigenvalue weighted by Crippen LogP contribution is 2.30. The van der Waals surface area contributed by atoms with Crippen molar-refractivity contribution in [3.8, 4) is 0 Å². The summed E-state index contributed by atoms with van der Waals surface area (Å²) in [6.07, 6.45) is 1.50. The van der Waals surface area contributed by atoms with Crippen molar-refractivity contribution in [2.45, 2.75) is 19.4 Å². The molecule has 0 aromatic heterocycles. The fraction of sp³-hybridized carbons (Fsp3) is 0.278. The average molecular weight is 433 g/mol. The molecule has 5 nitrogen and oxygen atoms in total. The third-order valence-corrected chi connectivity index (χ3v) is 5.48. The maximum atomic E-state index is 12.9. The normalized spacial score (nSPS) is 11.3. The number of benzene rings is 2. The number of hydrogen-bond donors (Lipinski definition) is 1. The van der Waals surface area contributed by atoms with E-state index in [1.807, 2.05) is 0 Å². The van der Waals surface area contributed by atoms with Gasteiger partial charge in [0.2, 0.25) is 15.9 Å². The van der Waals surface area contributed by atoms with E-state index in [2.05, 4.69) is 5.32 Å². The number of amides is 1. The topological polar surface area (TPSA) is 66.5 Å². The van der Waals surface area contributed by atoms with E-state index in [0.717, 1.165) is 16.1 Å². The van der Waals surface area contributed by atoms with Gasteiger partial charge in [0.1, 0.15) is 5.82 Å². The molecule has 27 heavy (non-hydrogen) atoms. The lowest BCUT2D eigenvalue weighted by Crippen LogP contribution is -2.32. The Bertz CT molecular complexity index is 905. The molecule has 0 heterocycles. The van der Waals surface area contributed by atoms with Crippen LogP contribution in [-0.2, 0) is 21.4 Å². The number of carbonyl (C=O) groups excluding carboxylic acids is 1. The lowest BCUT2D eigenvalue weighted by Gasteiger charge is -2.23. The molecule has 0 saturated heterocycles. The zero-order valence-electron chi connectivity index (χ0n) is 14.6. The Morgan fingerprint density at radius 3 is 2.44 bits per heavy atom. The van der Waals surface area contributed by atoms with Gasteiger partial charge in [0, 0.05) is 24.5 Å². The molecule has 1 amide bonds. The van der Waals surface area contributed by atoms with Crippen LogP contribution in [0.25, 0.3) is 0 Å². The highest BCUT2D eigenvalue weighted by atomic mass is 35.5. The summed E-state index contributed by atoms with van der Waals surface area (Å²) in [7, 11) is -3.59. The van der Waals surface area contributed by atoms with Crippen molar-refractivity contribution in [1.82, 2.24) is 5.32 Å². The van der Waals surface area contributed by atoms with Crippen molar-refractivity contribution < 1.29 is 17.6 Å². The summed E-state index contributed by atoms with van der Waals surface area (Å²) < 4.78 is 38.2. The van der Waals surface area contributed by atoms with Gasteiger partial charge >= 0.3 is 0 Å². The lowest BCUT2D eigenvalue weighted by atomic mass is 10.2. The Morgan fingerprint density at radius 2 is 1.81 bits per heavy atom. The van der Waals surface area contributed by atoms with Gasteiger partial charge in [0.25, 0.3) is 0 Å². The minimum Gasteiger partial charge on any atom is -0.352 e. The van der Waals surface area contributed by atoms with Crippen molar-refractivity contribution in [3.63, 3.8) is 0 Å². The Balaban J connectivity index is 1.92. The zero-order chi connectivity index (χ0) is 20.0. The second-order valence-corrected chi connectivity index (χ2v) is 8.69. The minimum atomic E-state index is -3.59. The smallest absolute Gasteiger partial charge is 0.232 e. The second-order valence-electron chi connectivity index (χ2n) is 5.94. The van der Waals surface area contributed by atoms with Gasteiger partial charge in [0.05, 0.1) is 17.0 Å². The van der Waals surface area contributed by atoms with Gasteiger partial charge in [0.15, 0.2) is 0 Å². The summed E-state index contributed by atoms with van der Waals surface area (Å²) in [6.45, 7) is 0.359. The van der Waals surface area contributed by atoms with E-state index in [9.17, 15) is 17.6 Å². The van der Waals surface area contributed by atoms with Gasteiger partial charge in [-0.1, -0.05) is 35.3 Å². The maximum absolute atomic E-state index is 12.9. The summed E-state index contributed by atoms with van der Waals surface area (Å²) in [4.78, 5) is 12.0. The number of nitrogens with zero attached hydrogens (tertiary/aromatic N) is 1. The van der Waals surface area contributed by atoms with Gasteiger partial charge < -0.3 is 5.32 Å². The highest BCUT2D eigenvalue weighted by molar-refractivity contribution is 7.92. The summed E-state index contributed by atoms with van der Waals surface area (Å²) in [5.41, 5.74) is 1.05. The third-order valence-electron chi connectivity index (χ3n) is 3.75. The molecule has 2 aromatic carbocycles. The maximum Gasteiger partial charge on any atom is 0.232 e. The quantitative estimate of drug-likeness (QED) is 0.685. The molecule has 0 saturated carbocycles. The van der Waals surface area contributed by atoms with Crippen molar-refractivity contribution in [2.75, 3.05) is 17.1 Å². The van der Waals surface area contributed by atoms with Crippen LogP contribution in [-0.4, -0.2) is 27.1 Å². The summed E-state index contributed by atoms with van der Waals surface area (Å²) in [5, 5.41) is 3.33. The van der Waals surface area contributed by atoms with Crippen LogP contribution in [0.5, 0.6) is 0 Å². The lowest BCUT2D eigenvalue weighted by molar-refractivity contribution is -0.121. The van der Waals surface area contributed by atoms with Crippen LogP contribution in [0, 0.1) is 5.82 Å². The average Bonchev–Trinajstić information content (AvgIpc) is 2.59. The molecule has 0 aliphatic heterocycles. The number of nitrogens with one attached hydrogen (secondary N) is 1. The monoisotopic (exact) mass is 432 g/mol. The van der Waals surface area contributed by atoms with Crippen LogP contribution in [0.2, 0.25) is 10.0 Å². The molecule has 0 radical (unpaired) electrons. The van der Waals surface area contributed by atoms with Crippen LogP contribution in [0.4, 0.5) is 10.1 Å². The van der Waals surface area contributed by atoms with Crippen LogP contribution in [0.1, 0.15) is 18.4 Å². The first-order valence-electron chi connectivity index (χ1n) is 8.11. The number of anilines is 1. The fourth-order valence-corrected chi connectivity index (χ4v) is 3.82. The van der Waals surface area contributed by atoms with E-state index in [4.69, 9.17) is 23.2 Å². The number of carbonyl (C=O) groups is 1. The fourth-order valence-electron chi connectivity index (χ4n) is 2.42.